The standard InChI is InChI=1S/C44H58N4O4/c1-29(2)41(47(7)43(33-23-15-19-27-37(33)51-11)39(45-5)31-21-13-17-25-35(31)49-9)42(30(3)4)48(8)44(34-24-16-20-28-38(34)52-12)40(46-6)32-22-14-18-26-36(32)50-10/h13-30,41-42,45-46H,1-12H3/b43-39-,44-40-. The molecule has 0 saturated carbocycles. The highest BCUT2D eigenvalue weighted by molar-refractivity contribution is 5.93. The maximum atomic E-state index is 6.03. The molecule has 0 aliphatic heterocycles. The van der Waals surface area contributed by atoms with Gasteiger partial charge in [-0.25, -0.2) is 0 Å². The van der Waals surface area contributed by atoms with Crippen LogP contribution in [0.15, 0.2) is 97.1 Å². The molecular weight excluding hydrogens is 649 g/mol. The molecule has 0 amide bonds. The molecule has 0 aliphatic carbocycles. The van der Waals surface area contributed by atoms with Crippen LogP contribution in [-0.4, -0.2) is 78.5 Å². The van der Waals surface area contributed by atoms with Gasteiger partial charge in [-0.15, -0.1) is 0 Å². The summed E-state index contributed by atoms with van der Waals surface area (Å²) in [7, 11) is 15.2. The molecule has 0 aliphatic rings. The maximum Gasteiger partial charge on any atom is 0.128 e. The van der Waals surface area contributed by atoms with Crippen molar-refractivity contribution >= 4 is 22.8 Å². The van der Waals surface area contributed by atoms with E-state index in [-0.39, 0.29) is 23.9 Å². The van der Waals surface area contributed by atoms with Gasteiger partial charge < -0.3 is 39.4 Å². The van der Waals surface area contributed by atoms with Crippen molar-refractivity contribution in [2.45, 2.75) is 39.8 Å². The summed E-state index contributed by atoms with van der Waals surface area (Å²) >= 11 is 0. The molecule has 8 heteroatoms. The number of nitrogens with zero attached hydrogens (tertiary/aromatic N) is 2. The Balaban J connectivity index is 2.09. The van der Waals surface area contributed by atoms with Gasteiger partial charge in [0.05, 0.1) is 63.3 Å². The van der Waals surface area contributed by atoms with Crippen LogP contribution in [0.5, 0.6) is 23.0 Å². The van der Waals surface area contributed by atoms with Crippen molar-refractivity contribution in [3.63, 3.8) is 0 Å². The second kappa shape index (κ2) is 18.3. The Kier molecular flexibility index (Phi) is 13.9. The number of hydrogen-bond donors (Lipinski definition) is 2. The van der Waals surface area contributed by atoms with E-state index in [1.165, 1.54) is 0 Å². The molecule has 0 heterocycles. The number of likely N-dealkylation sites (N-methyl/N-ethyl adjacent to an activating group) is 2. The van der Waals surface area contributed by atoms with Gasteiger partial charge in [-0.1, -0.05) is 76.2 Å². The fraction of sp³-hybridized carbons (Fsp3) is 0.364. The van der Waals surface area contributed by atoms with Crippen LogP contribution in [-0.2, 0) is 0 Å². The van der Waals surface area contributed by atoms with Gasteiger partial charge in [0.15, 0.2) is 0 Å². The molecule has 8 nitrogen and oxygen atoms in total. The molecule has 0 bridgehead atoms. The van der Waals surface area contributed by atoms with Crippen molar-refractivity contribution in [2.24, 2.45) is 11.8 Å². The molecule has 0 aromatic heterocycles. The first-order chi connectivity index (χ1) is 25.1. The van der Waals surface area contributed by atoms with Crippen LogP contribution in [0.1, 0.15) is 49.9 Å². The predicted octanol–water partition coefficient (Wildman–Crippen LogP) is 8.42. The summed E-state index contributed by atoms with van der Waals surface area (Å²) in [6.45, 7) is 9.21. The van der Waals surface area contributed by atoms with Crippen LogP contribution >= 0.6 is 0 Å². The summed E-state index contributed by atoms with van der Waals surface area (Å²) in [4.78, 5) is 4.87. The van der Waals surface area contributed by atoms with Crippen molar-refractivity contribution in [3.8, 4) is 23.0 Å². The highest BCUT2D eigenvalue weighted by atomic mass is 16.5. The molecule has 0 spiro atoms. The molecule has 52 heavy (non-hydrogen) atoms. The molecule has 4 aromatic carbocycles. The number of nitrogens with one attached hydrogen (secondary N) is 2. The predicted molar refractivity (Wildman–Crippen MR) is 217 cm³/mol. The average molecular weight is 707 g/mol. The largest absolute Gasteiger partial charge is 0.496 e. The Bertz CT molecular complexity index is 1700. The van der Waals surface area contributed by atoms with Crippen LogP contribution in [0.4, 0.5) is 0 Å². The molecule has 2 unspecified atom stereocenters. The fourth-order valence-electron chi connectivity index (χ4n) is 7.59. The van der Waals surface area contributed by atoms with Gasteiger partial charge in [0.2, 0.25) is 0 Å². The monoisotopic (exact) mass is 706 g/mol. The quantitative estimate of drug-likeness (QED) is 0.106. The van der Waals surface area contributed by atoms with Gasteiger partial charge in [0, 0.05) is 50.4 Å². The van der Waals surface area contributed by atoms with E-state index in [4.69, 9.17) is 18.9 Å². The third kappa shape index (κ3) is 8.12. The SMILES string of the molecule is CN/C(=C(/c1ccccc1OC)N(C)C(C(C)C)C(C(C)C)N(C)/C(=C(\NC)c1ccccc1OC)c1ccccc1OC)c1ccccc1OC. The van der Waals surface area contributed by atoms with E-state index in [1.54, 1.807) is 28.4 Å². The highest BCUT2D eigenvalue weighted by Gasteiger charge is 2.38. The minimum atomic E-state index is -0.0107. The summed E-state index contributed by atoms with van der Waals surface area (Å²) < 4.78 is 23.9. The van der Waals surface area contributed by atoms with Crippen LogP contribution in [0.2, 0.25) is 0 Å². The summed E-state index contributed by atoms with van der Waals surface area (Å²) in [6, 6.07) is 32.7. The number of rotatable bonds is 17. The number of benzene rings is 4. The molecule has 2 atom stereocenters. The first-order valence-electron chi connectivity index (χ1n) is 17.9. The zero-order valence-electron chi connectivity index (χ0n) is 33.1. The van der Waals surface area contributed by atoms with E-state index < -0.39 is 0 Å². The van der Waals surface area contributed by atoms with Gasteiger partial charge in [0.1, 0.15) is 23.0 Å². The molecule has 0 fully saturated rings. The van der Waals surface area contributed by atoms with E-state index in [0.29, 0.717) is 0 Å². The number of ether oxygens (including phenoxy) is 4. The number of methoxy groups -OCH3 is 4. The lowest BCUT2D eigenvalue weighted by Crippen LogP contribution is -2.54. The zero-order valence-corrected chi connectivity index (χ0v) is 33.1. The second-order valence-corrected chi connectivity index (χ2v) is 13.4. The lowest BCUT2D eigenvalue weighted by molar-refractivity contribution is 0.120. The maximum absolute atomic E-state index is 6.03. The molecule has 4 aromatic rings. The summed E-state index contributed by atoms with van der Waals surface area (Å²) in [5, 5.41) is 7.16. The third-order valence-electron chi connectivity index (χ3n) is 9.77. The van der Waals surface area contributed by atoms with Crippen molar-refractivity contribution in [3.05, 3.63) is 119 Å². The molecule has 0 radical (unpaired) electrons. The van der Waals surface area contributed by atoms with Crippen LogP contribution in [0.3, 0.4) is 0 Å². The van der Waals surface area contributed by atoms with Crippen LogP contribution < -0.4 is 29.6 Å². The molecular formula is C44H58N4O4. The lowest BCUT2D eigenvalue weighted by Gasteiger charge is -2.48. The van der Waals surface area contributed by atoms with E-state index in [9.17, 15) is 0 Å². The minimum Gasteiger partial charge on any atom is -0.496 e. The molecule has 2 N–H and O–H groups in total. The zero-order chi connectivity index (χ0) is 37.9. The second-order valence-electron chi connectivity index (χ2n) is 13.4. The van der Waals surface area contributed by atoms with E-state index in [2.05, 4.69) is 98.6 Å². The van der Waals surface area contributed by atoms with E-state index in [0.717, 1.165) is 68.0 Å². The van der Waals surface area contributed by atoms with Gasteiger partial charge in [0.25, 0.3) is 0 Å². The molecule has 4 rings (SSSR count). The summed E-state index contributed by atoms with van der Waals surface area (Å²) in [6.07, 6.45) is 0. The normalized spacial score (nSPS) is 13.4. The van der Waals surface area contributed by atoms with Crippen molar-refractivity contribution in [2.75, 3.05) is 56.6 Å². The number of hydrogen-bond acceptors (Lipinski definition) is 8. The van der Waals surface area contributed by atoms with Crippen molar-refractivity contribution in [1.82, 2.24) is 20.4 Å². The van der Waals surface area contributed by atoms with Gasteiger partial charge in [-0.3, -0.25) is 0 Å². The lowest BCUT2D eigenvalue weighted by atomic mass is 9.84. The van der Waals surface area contributed by atoms with Gasteiger partial charge in [-0.05, 0) is 60.4 Å². The Morgan fingerprint density at radius 1 is 0.442 bits per heavy atom. The Hall–Kier alpha value is -5.24. The third-order valence-corrected chi connectivity index (χ3v) is 9.77. The van der Waals surface area contributed by atoms with Crippen LogP contribution in [0.25, 0.3) is 22.8 Å². The Morgan fingerprint density at radius 2 is 0.692 bits per heavy atom. The van der Waals surface area contributed by atoms with Crippen LogP contribution in [0, 0.1) is 11.8 Å². The number of para-hydroxylation sites is 4. The van der Waals surface area contributed by atoms with Crippen molar-refractivity contribution in [1.29, 1.82) is 0 Å². The first-order valence-corrected chi connectivity index (χ1v) is 17.9. The summed E-state index contributed by atoms with van der Waals surface area (Å²) in [5.41, 5.74) is 7.75. The molecule has 0 saturated heterocycles. The first kappa shape index (κ1) is 39.5. The minimum absolute atomic E-state index is 0.0107. The van der Waals surface area contributed by atoms with E-state index in [1.807, 2.05) is 74.8 Å². The summed E-state index contributed by atoms with van der Waals surface area (Å²) in [5.74, 6) is 3.55. The van der Waals surface area contributed by atoms with Gasteiger partial charge >= 0.3 is 0 Å². The smallest absolute Gasteiger partial charge is 0.128 e. The fourth-order valence-corrected chi connectivity index (χ4v) is 7.59. The Morgan fingerprint density at radius 3 is 0.942 bits per heavy atom. The van der Waals surface area contributed by atoms with Crippen molar-refractivity contribution < 1.29 is 18.9 Å². The Labute approximate surface area is 312 Å². The average Bonchev–Trinajstić information content (AvgIpc) is 3.17. The van der Waals surface area contributed by atoms with E-state index >= 15 is 0 Å². The van der Waals surface area contributed by atoms with Gasteiger partial charge in [-0.2, -0.15) is 0 Å². The highest BCUT2D eigenvalue weighted by Crippen LogP contribution is 2.42. The molecule has 278 valence electrons. The topological polar surface area (TPSA) is 67.5 Å².